The van der Waals surface area contributed by atoms with Gasteiger partial charge in [0.2, 0.25) is 5.91 Å². The number of nitrogens with one attached hydrogen (secondary N) is 1. The van der Waals surface area contributed by atoms with Crippen LogP contribution in [0, 0.1) is 0 Å². The van der Waals surface area contributed by atoms with E-state index in [1.807, 2.05) is 42.5 Å². The molecule has 4 rings (SSSR count). The molecule has 27 heavy (non-hydrogen) atoms. The molecule has 0 spiro atoms. The topological polar surface area (TPSA) is 67.2 Å². The van der Waals surface area contributed by atoms with Crippen LogP contribution in [0.4, 0.5) is 11.4 Å². The second-order valence-electron chi connectivity index (χ2n) is 6.81. The highest BCUT2D eigenvalue weighted by atomic mass is 16.2. The number of aromatic nitrogens is 2. The Morgan fingerprint density at radius 1 is 1.00 bits per heavy atom. The van der Waals surface area contributed by atoms with Crippen LogP contribution in [-0.4, -0.2) is 28.5 Å². The molecule has 1 aliphatic rings. The summed E-state index contributed by atoms with van der Waals surface area (Å²) in [7, 11) is 0. The van der Waals surface area contributed by atoms with Crippen LogP contribution in [0.3, 0.4) is 0 Å². The van der Waals surface area contributed by atoms with Gasteiger partial charge in [-0.25, -0.2) is 4.98 Å². The fourth-order valence-corrected chi connectivity index (χ4v) is 3.53. The Labute approximate surface area is 157 Å². The van der Waals surface area contributed by atoms with E-state index in [4.69, 9.17) is 0 Å². The number of carbonyl (C=O) groups is 1. The first kappa shape index (κ1) is 17.3. The molecule has 2 heterocycles. The summed E-state index contributed by atoms with van der Waals surface area (Å²) in [4.78, 5) is 31.1. The summed E-state index contributed by atoms with van der Waals surface area (Å²) in [6.45, 7) is 2.13. The van der Waals surface area contributed by atoms with Crippen molar-refractivity contribution in [2.75, 3.05) is 23.3 Å². The Morgan fingerprint density at radius 3 is 2.52 bits per heavy atom. The number of para-hydroxylation sites is 2. The molecular formula is C21H22N4O2. The van der Waals surface area contributed by atoms with Crippen molar-refractivity contribution in [3.8, 4) is 0 Å². The summed E-state index contributed by atoms with van der Waals surface area (Å²) in [5.41, 5.74) is 2.97. The number of carbonyl (C=O) groups excluding carboxylic acids is 1. The molecule has 1 saturated heterocycles. The number of amides is 1. The van der Waals surface area contributed by atoms with Crippen molar-refractivity contribution in [2.45, 2.75) is 25.8 Å². The van der Waals surface area contributed by atoms with Gasteiger partial charge in [0, 0.05) is 24.5 Å². The summed E-state index contributed by atoms with van der Waals surface area (Å²) in [6, 6.07) is 15.2. The van der Waals surface area contributed by atoms with Gasteiger partial charge in [0.25, 0.3) is 5.56 Å². The summed E-state index contributed by atoms with van der Waals surface area (Å²) in [5, 5.41) is 2.87. The van der Waals surface area contributed by atoms with E-state index in [0.717, 1.165) is 18.8 Å². The molecule has 0 aliphatic carbocycles. The molecular weight excluding hydrogens is 340 g/mol. The molecule has 6 nitrogen and oxygen atoms in total. The first-order chi connectivity index (χ1) is 13.2. The molecule has 0 unspecified atom stereocenters. The Balaban J connectivity index is 1.47. The second-order valence-corrected chi connectivity index (χ2v) is 6.81. The highest BCUT2D eigenvalue weighted by Gasteiger charge is 2.12. The van der Waals surface area contributed by atoms with Gasteiger partial charge < -0.3 is 10.2 Å². The van der Waals surface area contributed by atoms with Crippen molar-refractivity contribution in [3.05, 3.63) is 65.1 Å². The lowest BCUT2D eigenvalue weighted by molar-refractivity contribution is -0.116. The number of nitrogens with zero attached hydrogens (tertiary/aromatic N) is 3. The lowest BCUT2D eigenvalue weighted by atomic mass is 10.1. The zero-order valence-electron chi connectivity index (χ0n) is 15.1. The highest BCUT2D eigenvalue weighted by molar-refractivity contribution is 5.91. The molecule has 1 aromatic heterocycles. The fourth-order valence-electron chi connectivity index (χ4n) is 3.53. The van der Waals surface area contributed by atoms with Gasteiger partial charge in [0.15, 0.2) is 0 Å². The summed E-state index contributed by atoms with van der Waals surface area (Å²) in [6.07, 6.45) is 5.01. The van der Waals surface area contributed by atoms with E-state index in [-0.39, 0.29) is 18.0 Å². The molecule has 6 heteroatoms. The van der Waals surface area contributed by atoms with E-state index in [1.165, 1.54) is 35.7 Å². The van der Waals surface area contributed by atoms with Crippen molar-refractivity contribution in [1.29, 1.82) is 0 Å². The average Bonchev–Trinajstić information content (AvgIpc) is 2.71. The van der Waals surface area contributed by atoms with Gasteiger partial charge in [-0.3, -0.25) is 14.2 Å². The van der Waals surface area contributed by atoms with Crippen LogP contribution in [0.2, 0.25) is 0 Å². The third kappa shape index (κ3) is 3.84. The summed E-state index contributed by atoms with van der Waals surface area (Å²) in [5.74, 6) is -0.237. The monoisotopic (exact) mass is 362 g/mol. The van der Waals surface area contributed by atoms with E-state index in [1.54, 1.807) is 6.07 Å². The van der Waals surface area contributed by atoms with E-state index in [2.05, 4.69) is 15.2 Å². The van der Waals surface area contributed by atoms with Crippen molar-refractivity contribution in [2.24, 2.45) is 0 Å². The minimum absolute atomic E-state index is 0.0459. The maximum Gasteiger partial charge on any atom is 0.269 e. The number of fused-ring (bicyclic) bond motifs is 1. The maximum atomic E-state index is 12.5. The Bertz CT molecular complexity index is 1000. The largest absolute Gasteiger partial charge is 0.372 e. The molecule has 1 fully saturated rings. The summed E-state index contributed by atoms with van der Waals surface area (Å²) < 4.78 is 1.44. The van der Waals surface area contributed by atoms with Gasteiger partial charge in [-0.15, -0.1) is 0 Å². The quantitative estimate of drug-likeness (QED) is 0.775. The SMILES string of the molecule is O=C(Cn1c(=O)cnc2ccccc21)Nc1ccc(N2CCCCC2)cc1. The van der Waals surface area contributed by atoms with Crippen LogP contribution in [0.1, 0.15) is 19.3 Å². The van der Waals surface area contributed by atoms with Crippen molar-refractivity contribution >= 4 is 28.3 Å². The molecule has 0 radical (unpaired) electrons. The van der Waals surface area contributed by atoms with Crippen molar-refractivity contribution < 1.29 is 4.79 Å². The zero-order chi connectivity index (χ0) is 18.6. The van der Waals surface area contributed by atoms with Gasteiger partial charge in [-0.2, -0.15) is 0 Å². The van der Waals surface area contributed by atoms with Gasteiger partial charge in [-0.1, -0.05) is 12.1 Å². The summed E-state index contributed by atoms with van der Waals surface area (Å²) >= 11 is 0. The lowest BCUT2D eigenvalue weighted by Gasteiger charge is -2.28. The normalized spacial score (nSPS) is 14.3. The molecule has 1 aliphatic heterocycles. The van der Waals surface area contributed by atoms with Crippen LogP contribution in [0.25, 0.3) is 11.0 Å². The maximum absolute atomic E-state index is 12.5. The van der Waals surface area contributed by atoms with Crippen molar-refractivity contribution in [1.82, 2.24) is 9.55 Å². The number of benzene rings is 2. The molecule has 2 aromatic carbocycles. The number of anilines is 2. The van der Waals surface area contributed by atoms with Gasteiger partial charge in [0.1, 0.15) is 6.54 Å². The standard InChI is InChI=1S/C21H22N4O2/c26-20(15-25-19-7-3-2-6-18(19)22-14-21(25)27)23-16-8-10-17(11-9-16)24-12-4-1-5-13-24/h2-3,6-11,14H,1,4-5,12-13,15H2,(H,23,26). The molecule has 1 amide bonds. The molecule has 3 aromatic rings. The van der Waals surface area contributed by atoms with Crippen molar-refractivity contribution in [3.63, 3.8) is 0 Å². The second kappa shape index (κ2) is 7.61. The van der Waals surface area contributed by atoms with Crippen LogP contribution >= 0.6 is 0 Å². The number of hydrogen-bond donors (Lipinski definition) is 1. The average molecular weight is 362 g/mol. The first-order valence-corrected chi connectivity index (χ1v) is 9.30. The van der Waals surface area contributed by atoms with Crippen LogP contribution in [0.5, 0.6) is 0 Å². The molecule has 1 N–H and O–H groups in total. The molecule has 0 bridgehead atoms. The number of piperidine rings is 1. The van der Waals surface area contributed by atoms with Crippen LogP contribution in [-0.2, 0) is 11.3 Å². The Hall–Kier alpha value is -3.15. The zero-order valence-corrected chi connectivity index (χ0v) is 15.1. The lowest BCUT2D eigenvalue weighted by Crippen LogP contribution is -2.29. The smallest absolute Gasteiger partial charge is 0.269 e. The van der Waals surface area contributed by atoms with E-state index >= 15 is 0 Å². The Kier molecular flexibility index (Phi) is 4.87. The Morgan fingerprint density at radius 2 is 1.74 bits per heavy atom. The van der Waals surface area contributed by atoms with E-state index in [9.17, 15) is 9.59 Å². The highest BCUT2D eigenvalue weighted by Crippen LogP contribution is 2.21. The minimum atomic E-state index is -0.288. The van der Waals surface area contributed by atoms with E-state index < -0.39 is 0 Å². The predicted octanol–water partition coefficient (Wildman–Crippen LogP) is 3.03. The molecule has 138 valence electrons. The first-order valence-electron chi connectivity index (χ1n) is 9.30. The van der Waals surface area contributed by atoms with Crippen LogP contribution in [0.15, 0.2) is 59.5 Å². The third-order valence-electron chi connectivity index (χ3n) is 4.93. The molecule has 0 atom stereocenters. The predicted molar refractivity (Wildman–Crippen MR) is 107 cm³/mol. The van der Waals surface area contributed by atoms with Crippen LogP contribution < -0.4 is 15.8 Å². The minimum Gasteiger partial charge on any atom is -0.372 e. The molecule has 0 saturated carbocycles. The van der Waals surface area contributed by atoms with Gasteiger partial charge in [0.05, 0.1) is 17.2 Å². The number of rotatable bonds is 4. The van der Waals surface area contributed by atoms with Gasteiger partial charge in [-0.05, 0) is 55.7 Å². The van der Waals surface area contributed by atoms with E-state index in [0.29, 0.717) is 11.0 Å². The fraction of sp³-hybridized carbons (Fsp3) is 0.286. The van der Waals surface area contributed by atoms with Gasteiger partial charge >= 0.3 is 0 Å². The third-order valence-corrected chi connectivity index (χ3v) is 4.93. The number of hydrogen-bond acceptors (Lipinski definition) is 4.